The summed E-state index contributed by atoms with van der Waals surface area (Å²) in [5.74, 6) is 0.177. The Kier molecular flexibility index (Phi) is 6.39. The zero-order chi connectivity index (χ0) is 15.4. The van der Waals surface area contributed by atoms with E-state index in [1.165, 1.54) is 12.0 Å². The fourth-order valence-electron chi connectivity index (χ4n) is 3.57. The van der Waals surface area contributed by atoms with Gasteiger partial charge in [0.2, 0.25) is 5.91 Å². The number of aromatic nitrogens is 1. The van der Waals surface area contributed by atoms with E-state index in [2.05, 4.69) is 22.0 Å². The molecule has 2 fully saturated rings. The van der Waals surface area contributed by atoms with Crippen LogP contribution < -0.4 is 5.73 Å². The van der Waals surface area contributed by atoms with Gasteiger partial charge in [0, 0.05) is 45.1 Å². The number of carbonyl (C=O) groups excluding carboxylic acids is 1. The molecule has 0 atom stereocenters. The molecule has 3 rings (SSSR count). The van der Waals surface area contributed by atoms with E-state index < -0.39 is 5.54 Å². The maximum Gasteiger partial charge on any atom is 0.242 e. The molecule has 0 spiro atoms. The second kappa shape index (κ2) is 8.08. The average molecular weight is 339 g/mol. The molecule has 2 N–H and O–H groups in total. The molecule has 128 valence electrons. The number of pyridine rings is 1. The van der Waals surface area contributed by atoms with Crippen LogP contribution in [0.5, 0.6) is 0 Å². The number of piperazine rings is 1. The number of amides is 1. The molecular weight excluding hydrogens is 312 g/mol. The topological polar surface area (TPSA) is 62.5 Å². The van der Waals surface area contributed by atoms with Crippen molar-refractivity contribution in [2.24, 2.45) is 5.73 Å². The maximum absolute atomic E-state index is 12.7. The molecule has 5 nitrogen and oxygen atoms in total. The van der Waals surface area contributed by atoms with Crippen LogP contribution in [0.1, 0.15) is 37.7 Å². The lowest BCUT2D eigenvalue weighted by atomic mass is 9.81. The van der Waals surface area contributed by atoms with Gasteiger partial charge in [-0.1, -0.05) is 19.3 Å². The van der Waals surface area contributed by atoms with Crippen molar-refractivity contribution in [3.8, 4) is 0 Å². The maximum atomic E-state index is 12.7. The minimum absolute atomic E-state index is 0. The van der Waals surface area contributed by atoms with E-state index in [1.54, 1.807) is 0 Å². The second-order valence-electron chi connectivity index (χ2n) is 6.64. The molecule has 0 aromatic carbocycles. The lowest BCUT2D eigenvalue weighted by molar-refractivity contribution is -0.140. The van der Waals surface area contributed by atoms with Crippen LogP contribution in [0, 0.1) is 0 Å². The second-order valence-corrected chi connectivity index (χ2v) is 6.64. The average Bonchev–Trinajstić information content (AvgIpc) is 2.56. The Morgan fingerprint density at radius 2 is 1.70 bits per heavy atom. The summed E-state index contributed by atoms with van der Waals surface area (Å²) in [5, 5.41) is 0. The van der Waals surface area contributed by atoms with Crippen molar-refractivity contribution >= 4 is 18.3 Å². The smallest absolute Gasteiger partial charge is 0.242 e. The lowest BCUT2D eigenvalue weighted by Gasteiger charge is -2.41. The Morgan fingerprint density at radius 3 is 2.30 bits per heavy atom. The predicted molar refractivity (Wildman–Crippen MR) is 93.3 cm³/mol. The molecule has 1 aromatic rings. The third-order valence-corrected chi connectivity index (χ3v) is 4.99. The number of nitrogens with two attached hydrogens (primary N) is 1. The van der Waals surface area contributed by atoms with Crippen LogP contribution in [0.15, 0.2) is 24.5 Å². The van der Waals surface area contributed by atoms with E-state index >= 15 is 0 Å². The molecule has 0 bridgehead atoms. The van der Waals surface area contributed by atoms with Crippen LogP contribution in [0.2, 0.25) is 0 Å². The number of carbonyl (C=O) groups is 1. The molecule has 1 aliphatic heterocycles. The number of hydrogen-bond acceptors (Lipinski definition) is 4. The normalized spacial score (nSPS) is 21.5. The SMILES string of the molecule is Cl.NC1(C(=O)N2CCN(Cc3ccncc3)CC2)CCCCC1. The van der Waals surface area contributed by atoms with Gasteiger partial charge in [-0.3, -0.25) is 14.7 Å². The molecule has 2 aliphatic rings. The highest BCUT2D eigenvalue weighted by molar-refractivity contribution is 5.86. The first-order chi connectivity index (χ1) is 10.7. The van der Waals surface area contributed by atoms with Crippen molar-refractivity contribution in [2.45, 2.75) is 44.2 Å². The summed E-state index contributed by atoms with van der Waals surface area (Å²) in [5.41, 5.74) is 7.06. The highest BCUT2D eigenvalue weighted by Crippen LogP contribution is 2.28. The summed E-state index contributed by atoms with van der Waals surface area (Å²) in [4.78, 5) is 21.1. The number of nitrogens with zero attached hydrogens (tertiary/aromatic N) is 3. The summed E-state index contributed by atoms with van der Waals surface area (Å²) in [6, 6.07) is 4.10. The minimum atomic E-state index is -0.592. The molecule has 2 heterocycles. The van der Waals surface area contributed by atoms with Crippen LogP contribution >= 0.6 is 12.4 Å². The van der Waals surface area contributed by atoms with Crippen LogP contribution in [0.4, 0.5) is 0 Å². The molecule has 1 amide bonds. The highest BCUT2D eigenvalue weighted by atomic mass is 35.5. The van der Waals surface area contributed by atoms with E-state index in [1.807, 2.05) is 17.3 Å². The van der Waals surface area contributed by atoms with Gasteiger partial charge in [-0.15, -0.1) is 12.4 Å². The zero-order valence-corrected chi connectivity index (χ0v) is 14.4. The number of halogens is 1. The zero-order valence-electron chi connectivity index (χ0n) is 13.6. The Bertz CT molecular complexity index is 497. The minimum Gasteiger partial charge on any atom is -0.339 e. The predicted octanol–water partition coefficient (Wildman–Crippen LogP) is 1.81. The fraction of sp³-hybridized carbons (Fsp3) is 0.647. The Labute approximate surface area is 144 Å². The lowest BCUT2D eigenvalue weighted by Crippen LogP contribution is -2.60. The quantitative estimate of drug-likeness (QED) is 0.913. The molecule has 6 heteroatoms. The largest absolute Gasteiger partial charge is 0.339 e. The summed E-state index contributed by atoms with van der Waals surface area (Å²) < 4.78 is 0. The molecule has 1 saturated heterocycles. The summed E-state index contributed by atoms with van der Waals surface area (Å²) in [7, 11) is 0. The molecule has 1 saturated carbocycles. The van der Waals surface area contributed by atoms with Crippen LogP contribution in [-0.2, 0) is 11.3 Å². The highest BCUT2D eigenvalue weighted by Gasteiger charge is 2.39. The summed E-state index contributed by atoms with van der Waals surface area (Å²) in [6.07, 6.45) is 8.75. The van der Waals surface area contributed by atoms with Crippen molar-refractivity contribution in [2.75, 3.05) is 26.2 Å². The van der Waals surface area contributed by atoms with Gasteiger partial charge < -0.3 is 10.6 Å². The van der Waals surface area contributed by atoms with Gasteiger partial charge in [-0.25, -0.2) is 0 Å². The van der Waals surface area contributed by atoms with Crippen molar-refractivity contribution in [1.82, 2.24) is 14.8 Å². The van der Waals surface area contributed by atoms with E-state index in [-0.39, 0.29) is 18.3 Å². The molecular formula is C17H27ClN4O. The van der Waals surface area contributed by atoms with Crippen molar-refractivity contribution in [3.05, 3.63) is 30.1 Å². The molecule has 23 heavy (non-hydrogen) atoms. The molecule has 1 aliphatic carbocycles. The van der Waals surface area contributed by atoms with Crippen molar-refractivity contribution in [3.63, 3.8) is 0 Å². The van der Waals surface area contributed by atoms with E-state index in [0.717, 1.165) is 58.4 Å². The van der Waals surface area contributed by atoms with Crippen molar-refractivity contribution in [1.29, 1.82) is 0 Å². The van der Waals surface area contributed by atoms with Gasteiger partial charge in [0.1, 0.15) is 0 Å². The third-order valence-electron chi connectivity index (χ3n) is 4.99. The van der Waals surface area contributed by atoms with Gasteiger partial charge in [0.25, 0.3) is 0 Å². The van der Waals surface area contributed by atoms with E-state index in [9.17, 15) is 4.79 Å². The standard InChI is InChI=1S/C17H26N4O.ClH/c18-17(6-2-1-3-7-17)16(22)21-12-10-20(11-13-21)14-15-4-8-19-9-5-15;/h4-5,8-9H,1-3,6-7,10-14,18H2;1H. The molecule has 0 radical (unpaired) electrons. The molecule has 0 unspecified atom stereocenters. The Hall–Kier alpha value is -1.17. The fourth-order valence-corrected chi connectivity index (χ4v) is 3.57. The first kappa shape index (κ1) is 18.2. The number of rotatable bonds is 3. The number of hydrogen-bond donors (Lipinski definition) is 1. The van der Waals surface area contributed by atoms with Gasteiger partial charge in [0.05, 0.1) is 5.54 Å². The van der Waals surface area contributed by atoms with Crippen LogP contribution in [-0.4, -0.2) is 52.4 Å². The van der Waals surface area contributed by atoms with Gasteiger partial charge >= 0.3 is 0 Å². The van der Waals surface area contributed by atoms with E-state index in [4.69, 9.17) is 5.73 Å². The first-order valence-electron chi connectivity index (χ1n) is 8.37. The van der Waals surface area contributed by atoms with Gasteiger partial charge in [0.15, 0.2) is 0 Å². The van der Waals surface area contributed by atoms with E-state index in [0.29, 0.717) is 0 Å². The van der Waals surface area contributed by atoms with Crippen LogP contribution in [0.3, 0.4) is 0 Å². The molecule has 1 aromatic heterocycles. The summed E-state index contributed by atoms with van der Waals surface area (Å²) >= 11 is 0. The van der Waals surface area contributed by atoms with Crippen LogP contribution in [0.25, 0.3) is 0 Å². The summed E-state index contributed by atoms with van der Waals surface area (Å²) in [6.45, 7) is 4.36. The van der Waals surface area contributed by atoms with Crippen molar-refractivity contribution < 1.29 is 4.79 Å². The Morgan fingerprint density at radius 1 is 1.09 bits per heavy atom. The third kappa shape index (κ3) is 4.43. The van der Waals surface area contributed by atoms with Gasteiger partial charge in [-0.2, -0.15) is 0 Å². The Balaban J connectivity index is 0.00000192. The first-order valence-corrected chi connectivity index (χ1v) is 8.37. The van der Waals surface area contributed by atoms with Gasteiger partial charge in [-0.05, 0) is 30.5 Å². The monoisotopic (exact) mass is 338 g/mol.